The van der Waals surface area contributed by atoms with E-state index in [1.807, 2.05) is 0 Å². The summed E-state index contributed by atoms with van der Waals surface area (Å²) in [5.74, 6) is 0.668. The molecular weight excluding hydrogens is 222 g/mol. The van der Waals surface area contributed by atoms with Crippen molar-refractivity contribution in [3.05, 3.63) is 29.3 Å². The van der Waals surface area contributed by atoms with E-state index in [1.165, 1.54) is 36.1 Å². The summed E-state index contributed by atoms with van der Waals surface area (Å²) >= 11 is 0. The third kappa shape index (κ3) is 2.13. The summed E-state index contributed by atoms with van der Waals surface area (Å²) in [4.78, 5) is 2.35. The number of benzene rings is 1. The molecular formula is C15H23N3. The van der Waals surface area contributed by atoms with Crippen molar-refractivity contribution in [2.75, 3.05) is 31.6 Å². The van der Waals surface area contributed by atoms with Crippen LogP contribution in [0, 0.1) is 5.92 Å². The maximum atomic E-state index is 5.73. The lowest BCUT2D eigenvalue weighted by molar-refractivity contribution is 0.320. The molecule has 0 aliphatic carbocycles. The van der Waals surface area contributed by atoms with Crippen molar-refractivity contribution >= 4 is 5.69 Å². The number of likely N-dealkylation sites (N-methyl/N-ethyl adjacent to an activating group) is 1. The minimum absolute atomic E-state index is 0.531. The molecule has 0 aromatic heterocycles. The van der Waals surface area contributed by atoms with E-state index in [4.69, 9.17) is 5.73 Å². The zero-order valence-electron chi connectivity index (χ0n) is 11.2. The van der Waals surface area contributed by atoms with E-state index in [0.29, 0.717) is 12.0 Å². The van der Waals surface area contributed by atoms with Gasteiger partial charge in [-0.05, 0) is 55.5 Å². The molecule has 2 atom stereocenters. The van der Waals surface area contributed by atoms with Gasteiger partial charge in [0, 0.05) is 25.3 Å². The molecule has 3 N–H and O–H groups in total. The van der Waals surface area contributed by atoms with Gasteiger partial charge in [0.1, 0.15) is 0 Å². The van der Waals surface area contributed by atoms with Crippen LogP contribution in [-0.2, 0) is 6.42 Å². The second-order valence-corrected chi connectivity index (χ2v) is 5.70. The number of piperidine rings is 1. The molecule has 0 bridgehead atoms. The molecule has 0 radical (unpaired) electrons. The van der Waals surface area contributed by atoms with E-state index in [2.05, 4.69) is 35.5 Å². The molecule has 2 aliphatic rings. The van der Waals surface area contributed by atoms with Crippen molar-refractivity contribution in [3.63, 3.8) is 0 Å². The van der Waals surface area contributed by atoms with Crippen molar-refractivity contribution in [1.82, 2.24) is 5.32 Å². The summed E-state index contributed by atoms with van der Waals surface area (Å²) in [6.07, 6.45) is 3.67. The summed E-state index contributed by atoms with van der Waals surface area (Å²) in [5, 5.41) is 3.65. The molecule has 0 saturated carbocycles. The second kappa shape index (κ2) is 4.90. The fraction of sp³-hybridized carbons (Fsp3) is 0.600. The van der Waals surface area contributed by atoms with Crippen LogP contribution in [0.2, 0.25) is 0 Å². The average Bonchev–Trinajstić information content (AvgIpc) is 2.80. The average molecular weight is 245 g/mol. The zero-order valence-corrected chi connectivity index (χ0v) is 11.2. The van der Waals surface area contributed by atoms with Gasteiger partial charge in [-0.15, -0.1) is 0 Å². The smallest absolute Gasteiger partial charge is 0.0397 e. The molecule has 1 fully saturated rings. The van der Waals surface area contributed by atoms with Crippen LogP contribution in [0.25, 0.3) is 0 Å². The van der Waals surface area contributed by atoms with Crippen molar-refractivity contribution < 1.29 is 0 Å². The first-order chi connectivity index (χ1) is 8.78. The molecule has 3 rings (SSSR count). The van der Waals surface area contributed by atoms with Crippen LogP contribution in [0.3, 0.4) is 0 Å². The fourth-order valence-corrected chi connectivity index (χ4v) is 3.20. The molecule has 1 saturated heterocycles. The minimum atomic E-state index is 0.531. The number of hydrogen-bond acceptors (Lipinski definition) is 3. The van der Waals surface area contributed by atoms with Gasteiger partial charge in [-0.1, -0.05) is 12.1 Å². The number of nitrogens with two attached hydrogens (primary N) is 1. The third-order valence-electron chi connectivity index (χ3n) is 4.48. The van der Waals surface area contributed by atoms with Crippen LogP contribution in [0.4, 0.5) is 5.69 Å². The van der Waals surface area contributed by atoms with Gasteiger partial charge in [-0.2, -0.15) is 0 Å². The highest BCUT2D eigenvalue weighted by molar-refractivity contribution is 5.58. The predicted octanol–water partition coefficient (Wildman–Crippen LogP) is 1.68. The second-order valence-electron chi connectivity index (χ2n) is 5.70. The molecule has 18 heavy (non-hydrogen) atoms. The van der Waals surface area contributed by atoms with E-state index in [1.54, 1.807) is 0 Å². The van der Waals surface area contributed by atoms with Gasteiger partial charge < -0.3 is 16.0 Å². The Kier molecular flexibility index (Phi) is 3.27. The highest BCUT2D eigenvalue weighted by Crippen LogP contribution is 2.32. The van der Waals surface area contributed by atoms with Crippen LogP contribution in [0.5, 0.6) is 0 Å². The zero-order chi connectivity index (χ0) is 12.5. The van der Waals surface area contributed by atoms with E-state index < -0.39 is 0 Å². The van der Waals surface area contributed by atoms with Gasteiger partial charge in [-0.3, -0.25) is 0 Å². The van der Waals surface area contributed by atoms with E-state index in [0.717, 1.165) is 19.6 Å². The summed E-state index contributed by atoms with van der Waals surface area (Å²) < 4.78 is 0. The summed E-state index contributed by atoms with van der Waals surface area (Å²) in [6.45, 7) is 3.04. The van der Waals surface area contributed by atoms with Gasteiger partial charge in [0.2, 0.25) is 0 Å². The molecule has 2 heterocycles. The maximum absolute atomic E-state index is 5.73. The van der Waals surface area contributed by atoms with Gasteiger partial charge in [0.05, 0.1) is 0 Å². The molecule has 2 aliphatic heterocycles. The van der Waals surface area contributed by atoms with Crippen molar-refractivity contribution in [1.29, 1.82) is 0 Å². The van der Waals surface area contributed by atoms with Crippen molar-refractivity contribution in [3.8, 4) is 0 Å². The first-order valence-corrected chi connectivity index (χ1v) is 7.05. The number of nitrogens with one attached hydrogen (secondary N) is 1. The number of rotatable bonds is 2. The van der Waals surface area contributed by atoms with Crippen LogP contribution >= 0.6 is 0 Å². The normalized spacial score (nSPS) is 27.3. The highest BCUT2D eigenvalue weighted by Gasteiger charge is 2.23. The Balaban J connectivity index is 1.74. The van der Waals surface area contributed by atoms with E-state index >= 15 is 0 Å². The predicted molar refractivity (Wildman–Crippen MR) is 75.9 cm³/mol. The molecule has 0 spiro atoms. The summed E-state index contributed by atoms with van der Waals surface area (Å²) in [7, 11) is 2.18. The topological polar surface area (TPSA) is 41.3 Å². The van der Waals surface area contributed by atoms with Crippen molar-refractivity contribution in [2.24, 2.45) is 11.7 Å². The molecule has 3 nitrogen and oxygen atoms in total. The molecule has 98 valence electrons. The number of fused-ring (bicyclic) bond motifs is 1. The van der Waals surface area contributed by atoms with Crippen LogP contribution < -0.4 is 16.0 Å². The Morgan fingerprint density at radius 3 is 3.00 bits per heavy atom. The SMILES string of the molecule is CN1CCc2cc(C3CCC(CN)CN3)ccc21. The Hall–Kier alpha value is -1.06. The highest BCUT2D eigenvalue weighted by atomic mass is 15.1. The van der Waals surface area contributed by atoms with Crippen molar-refractivity contribution in [2.45, 2.75) is 25.3 Å². The fourth-order valence-electron chi connectivity index (χ4n) is 3.20. The minimum Gasteiger partial charge on any atom is -0.374 e. The van der Waals surface area contributed by atoms with E-state index in [-0.39, 0.29) is 0 Å². The lowest BCUT2D eigenvalue weighted by Crippen LogP contribution is -2.36. The number of nitrogens with zero attached hydrogens (tertiary/aromatic N) is 1. The largest absolute Gasteiger partial charge is 0.374 e. The lowest BCUT2D eigenvalue weighted by atomic mass is 9.90. The standard InChI is InChI=1S/C15H23N3/c1-18-7-6-13-8-12(3-5-15(13)18)14-4-2-11(9-16)10-17-14/h3,5,8,11,14,17H,2,4,6-7,9-10,16H2,1H3. The Morgan fingerprint density at radius 2 is 2.28 bits per heavy atom. The van der Waals surface area contributed by atoms with Crippen LogP contribution in [0.1, 0.15) is 30.0 Å². The maximum Gasteiger partial charge on any atom is 0.0397 e. The van der Waals surface area contributed by atoms with Crippen LogP contribution in [0.15, 0.2) is 18.2 Å². The molecule has 0 amide bonds. The number of hydrogen-bond donors (Lipinski definition) is 2. The quantitative estimate of drug-likeness (QED) is 0.833. The first-order valence-electron chi connectivity index (χ1n) is 7.05. The third-order valence-corrected chi connectivity index (χ3v) is 4.48. The van der Waals surface area contributed by atoms with Gasteiger partial charge >= 0.3 is 0 Å². The number of anilines is 1. The van der Waals surface area contributed by atoms with Crippen LogP contribution in [-0.4, -0.2) is 26.7 Å². The Bertz CT molecular complexity index is 422. The first kappa shape index (κ1) is 12.0. The summed E-state index contributed by atoms with van der Waals surface area (Å²) in [5.41, 5.74) is 10.1. The van der Waals surface area contributed by atoms with Gasteiger partial charge in [0.25, 0.3) is 0 Å². The molecule has 3 heteroatoms. The monoisotopic (exact) mass is 245 g/mol. The molecule has 1 aromatic rings. The summed E-state index contributed by atoms with van der Waals surface area (Å²) in [6, 6.07) is 7.51. The lowest BCUT2D eigenvalue weighted by Gasteiger charge is -2.29. The van der Waals surface area contributed by atoms with E-state index in [9.17, 15) is 0 Å². The molecule has 1 aromatic carbocycles. The Labute approximate surface area is 109 Å². The molecule has 2 unspecified atom stereocenters. The Morgan fingerprint density at radius 1 is 1.39 bits per heavy atom. The van der Waals surface area contributed by atoms with Gasteiger partial charge in [-0.25, -0.2) is 0 Å². The van der Waals surface area contributed by atoms with Gasteiger partial charge in [0.15, 0.2) is 0 Å².